The van der Waals surface area contributed by atoms with Crippen LogP contribution in [0.2, 0.25) is 0 Å². The molecule has 1 rings (SSSR count). The van der Waals surface area contributed by atoms with E-state index in [0.29, 0.717) is 0 Å². The average molecular weight is 240 g/mol. The second-order valence-electron chi connectivity index (χ2n) is 3.35. The Morgan fingerprint density at radius 2 is 1.88 bits per heavy atom. The second-order valence-corrected chi connectivity index (χ2v) is 4.34. The summed E-state index contributed by atoms with van der Waals surface area (Å²) < 4.78 is 0. The molecule has 2 N–H and O–H groups in total. The Morgan fingerprint density at radius 3 is 2.44 bits per heavy atom. The van der Waals surface area contributed by atoms with E-state index in [2.05, 4.69) is 40.7 Å². The monoisotopic (exact) mass is 240 g/mol. The number of nitrogens with zero attached hydrogens (tertiary/aromatic N) is 2. The van der Waals surface area contributed by atoms with Crippen LogP contribution in [0.25, 0.3) is 0 Å². The molecular formula is C11H20N4S. The molecule has 16 heavy (non-hydrogen) atoms. The van der Waals surface area contributed by atoms with Crippen LogP contribution in [-0.4, -0.2) is 35.1 Å². The molecule has 1 aromatic heterocycles. The predicted octanol–water partition coefficient (Wildman–Crippen LogP) is 2.25. The van der Waals surface area contributed by atoms with Crippen molar-refractivity contribution in [3.8, 4) is 0 Å². The lowest BCUT2D eigenvalue weighted by atomic mass is 10.2. The zero-order valence-electron chi connectivity index (χ0n) is 10.2. The van der Waals surface area contributed by atoms with E-state index in [-0.39, 0.29) is 0 Å². The van der Waals surface area contributed by atoms with Gasteiger partial charge in [0.2, 0.25) is 0 Å². The van der Waals surface area contributed by atoms with Gasteiger partial charge >= 0.3 is 0 Å². The summed E-state index contributed by atoms with van der Waals surface area (Å²) in [5.41, 5.74) is 1.17. The van der Waals surface area contributed by atoms with Gasteiger partial charge in [-0.3, -0.25) is 0 Å². The number of aromatic nitrogens is 2. The first kappa shape index (κ1) is 13.1. The zero-order chi connectivity index (χ0) is 11.8. The van der Waals surface area contributed by atoms with Gasteiger partial charge < -0.3 is 10.6 Å². The molecule has 0 aromatic carbocycles. The molecule has 0 aliphatic rings. The third-order valence-corrected chi connectivity index (χ3v) is 2.85. The molecule has 0 amide bonds. The van der Waals surface area contributed by atoms with Gasteiger partial charge in [0, 0.05) is 24.4 Å². The molecule has 0 saturated heterocycles. The summed E-state index contributed by atoms with van der Waals surface area (Å²) in [5, 5.41) is 6.61. The third-order valence-electron chi connectivity index (χ3n) is 2.24. The summed E-state index contributed by atoms with van der Waals surface area (Å²) in [6.45, 7) is 6.02. The van der Waals surface area contributed by atoms with Crippen molar-refractivity contribution < 1.29 is 0 Å². The minimum absolute atomic E-state index is 0.883. The van der Waals surface area contributed by atoms with E-state index in [1.165, 1.54) is 5.56 Å². The molecule has 0 saturated carbocycles. The molecule has 0 radical (unpaired) electrons. The van der Waals surface area contributed by atoms with Crippen molar-refractivity contribution in [2.45, 2.75) is 20.3 Å². The number of hydrogen-bond acceptors (Lipinski definition) is 5. The first-order chi connectivity index (χ1) is 7.83. The predicted molar refractivity (Wildman–Crippen MR) is 72.4 cm³/mol. The van der Waals surface area contributed by atoms with Crippen molar-refractivity contribution in [1.82, 2.24) is 9.97 Å². The van der Waals surface area contributed by atoms with E-state index in [0.717, 1.165) is 36.9 Å². The Kier molecular flexibility index (Phi) is 6.00. The maximum Gasteiger partial charge on any atom is 0.134 e. The molecule has 0 unspecified atom stereocenters. The molecule has 0 atom stereocenters. The maximum atomic E-state index is 4.29. The van der Waals surface area contributed by atoms with Gasteiger partial charge in [-0.15, -0.1) is 0 Å². The number of rotatable bonds is 7. The lowest BCUT2D eigenvalue weighted by Gasteiger charge is -2.13. The Balaban J connectivity index is 2.77. The molecule has 0 aliphatic heterocycles. The molecule has 5 heteroatoms. The van der Waals surface area contributed by atoms with Gasteiger partial charge in [0.1, 0.15) is 18.0 Å². The van der Waals surface area contributed by atoms with Crippen LogP contribution in [0.5, 0.6) is 0 Å². The smallest absolute Gasteiger partial charge is 0.134 e. The Labute approximate surface area is 102 Å². The molecule has 90 valence electrons. The molecule has 0 bridgehead atoms. The fourth-order valence-electron chi connectivity index (χ4n) is 1.49. The van der Waals surface area contributed by atoms with Gasteiger partial charge in [-0.1, -0.05) is 6.92 Å². The highest BCUT2D eigenvalue weighted by Gasteiger charge is 2.07. The minimum atomic E-state index is 0.883. The molecule has 0 aliphatic carbocycles. The highest BCUT2D eigenvalue weighted by molar-refractivity contribution is 7.98. The number of thioether (sulfide) groups is 1. The van der Waals surface area contributed by atoms with Crippen molar-refractivity contribution in [3.63, 3.8) is 0 Å². The van der Waals surface area contributed by atoms with Crippen LogP contribution >= 0.6 is 11.8 Å². The highest BCUT2D eigenvalue weighted by Crippen LogP contribution is 2.19. The topological polar surface area (TPSA) is 49.8 Å². The number of nitrogens with one attached hydrogen (secondary N) is 2. The molecule has 0 spiro atoms. The van der Waals surface area contributed by atoms with Gasteiger partial charge in [0.05, 0.1) is 0 Å². The largest absolute Gasteiger partial charge is 0.370 e. The van der Waals surface area contributed by atoms with Gasteiger partial charge in [-0.2, -0.15) is 11.8 Å². The van der Waals surface area contributed by atoms with Crippen molar-refractivity contribution in [3.05, 3.63) is 11.9 Å². The van der Waals surface area contributed by atoms with E-state index in [9.17, 15) is 0 Å². The van der Waals surface area contributed by atoms with Gasteiger partial charge in [0.25, 0.3) is 0 Å². The maximum absolute atomic E-state index is 4.29. The summed E-state index contributed by atoms with van der Waals surface area (Å²) >= 11 is 1.83. The van der Waals surface area contributed by atoms with E-state index >= 15 is 0 Å². The average Bonchev–Trinajstić information content (AvgIpc) is 2.30. The lowest BCUT2D eigenvalue weighted by Crippen LogP contribution is -2.11. The fraction of sp³-hybridized carbons (Fsp3) is 0.636. The van der Waals surface area contributed by atoms with Gasteiger partial charge in [-0.25, -0.2) is 9.97 Å². The van der Waals surface area contributed by atoms with Crippen LogP contribution in [-0.2, 0) is 6.42 Å². The van der Waals surface area contributed by atoms with E-state index in [4.69, 9.17) is 0 Å². The quantitative estimate of drug-likeness (QED) is 0.716. The molecule has 1 aromatic rings. The fourth-order valence-corrected chi connectivity index (χ4v) is 1.80. The summed E-state index contributed by atoms with van der Waals surface area (Å²) in [5.74, 6) is 3.00. The molecular weight excluding hydrogens is 220 g/mol. The highest BCUT2D eigenvalue weighted by atomic mass is 32.2. The molecule has 1 heterocycles. The standard InChI is InChI=1S/C11H20N4S/c1-4-9-10(12-5-2)14-8-15-11(9)13-6-7-16-3/h8H,4-7H2,1-3H3,(H2,12,13,14,15). The number of anilines is 2. The van der Waals surface area contributed by atoms with Crippen molar-refractivity contribution >= 4 is 23.4 Å². The normalized spacial score (nSPS) is 10.2. The lowest BCUT2D eigenvalue weighted by molar-refractivity contribution is 1.01. The first-order valence-electron chi connectivity index (χ1n) is 5.64. The van der Waals surface area contributed by atoms with Crippen molar-refractivity contribution in [1.29, 1.82) is 0 Å². The van der Waals surface area contributed by atoms with Crippen molar-refractivity contribution in [2.24, 2.45) is 0 Å². The van der Waals surface area contributed by atoms with Crippen molar-refractivity contribution in [2.75, 3.05) is 35.7 Å². The van der Waals surface area contributed by atoms with Gasteiger partial charge in [-0.05, 0) is 19.6 Å². The second kappa shape index (κ2) is 7.33. The SMILES string of the molecule is CCNc1ncnc(NCCSC)c1CC. The van der Waals surface area contributed by atoms with Crippen LogP contribution in [0.3, 0.4) is 0 Å². The van der Waals surface area contributed by atoms with Crippen LogP contribution in [0.15, 0.2) is 6.33 Å². The summed E-state index contributed by atoms with van der Waals surface area (Å²) in [6, 6.07) is 0. The van der Waals surface area contributed by atoms with Crippen LogP contribution < -0.4 is 10.6 Å². The summed E-state index contributed by atoms with van der Waals surface area (Å²) in [4.78, 5) is 8.55. The van der Waals surface area contributed by atoms with E-state index < -0.39 is 0 Å². The number of hydrogen-bond donors (Lipinski definition) is 2. The van der Waals surface area contributed by atoms with E-state index in [1.807, 2.05) is 11.8 Å². The Bertz CT molecular complexity index is 317. The summed E-state index contributed by atoms with van der Waals surface area (Å²) in [6.07, 6.45) is 4.65. The zero-order valence-corrected chi connectivity index (χ0v) is 11.0. The van der Waals surface area contributed by atoms with E-state index in [1.54, 1.807) is 6.33 Å². The first-order valence-corrected chi connectivity index (χ1v) is 7.03. The van der Waals surface area contributed by atoms with Gasteiger partial charge in [0.15, 0.2) is 0 Å². The minimum Gasteiger partial charge on any atom is -0.370 e. The Morgan fingerprint density at radius 1 is 1.19 bits per heavy atom. The van der Waals surface area contributed by atoms with Crippen LogP contribution in [0.4, 0.5) is 11.6 Å². The summed E-state index contributed by atoms with van der Waals surface area (Å²) in [7, 11) is 0. The Hall–Kier alpha value is -0.970. The third kappa shape index (κ3) is 3.56. The molecule has 0 fully saturated rings. The molecule has 4 nitrogen and oxygen atoms in total. The van der Waals surface area contributed by atoms with Crippen LogP contribution in [0.1, 0.15) is 19.4 Å². The van der Waals surface area contributed by atoms with Crippen LogP contribution in [0, 0.1) is 0 Å².